The van der Waals surface area contributed by atoms with Gasteiger partial charge in [0, 0.05) is 12.0 Å². The molecule has 19 heavy (non-hydrogen) atoms. The second-order valence-corrected chi connectivity index (χ2v) is 4.16. The van der Waals surface area contributed by atoms with Gasteiger partial charge in [0.1, 0.15) is 0 Å². The lowest BCUT2D eigenvalue weighted by molar-refractivity contribution is -0.149. The van der Waals surface area contributed by atoms with Gasteiger partial charge in [-0.05, 0) is 18.1 Å². The fraction of sp³-hybridized carbons (Fsp3) is 0.250. The normalized spacial score (nSPS) is 12.6. The number of benzene rings is 1. The van der Waals surface area contributed by atoms with Crippen molar-refractivity contribution in [3.63, 3.8) is 0 Å². The summed E-state index contributed by atoms with van der Waals surface area (Å²) in [5, 5.41) is 9.38. The van der Waals surface area contributed by atoms with Gasteiger partial charge in [-0.3, -0.25) is 4.79 Å². The number of hydrogen-bond donors (Lipinski definition) is 0. The van der Waals surface area contributed by atoms with E-state index in [0.717, 1.165) is 5.56 Å². The zero-order chi connectivity index (χ0) is 14.3. The van der Waals surface area contributed by atoms with Crippen molar-refractivity contribution in [2.24, 2.45) is 5.41 Å². The lowest BCUT2D eigenvalue weighted by Crippen LogP contribution is -2.33. The SMILES string of the molecule is C#Cc1ccccc1CC(C#N)(CC=C)C(=O)OC. The third-order valence-electron chi connectivity index (χ3n) is 2.95. The number of ether oxygens (including phenoxy) is 1. The van der Waals surface area contributed by atoms with Crippen LogP contribution < -0.4 is 0 Å². The largest absolute Gasteiger partial charge is 0.468 e. The zero-order valence-corrected chi connectivity index (χ0v) is 10.8. The van der Waals surface area contributed by atoms with Gasteiger partial charge in [0.05, 0.1) is 13.2 Å². The Kier molecular flexibility index (Phi) is 4.92. The molecule has 0 aromatic heterocycles. The van der Waals surface area contributed by atoms with Gasteiger partial charge in [-0.2, -0.15) is 5.26 Å². The summed E-state index contributed by atoms with van der Waals surface area (Å²) in [4.78, 5) is 11.9. The van der Waals surface area contributed by atoms with Crippen LogP contribution in [0.15, 0.2) is 36.9 Å². The molecule has 0 fully saturated rings. The molecule has 0 spiro atoms. The van der Waals surface area contributed by atoms with Crippen LogP contribution in [0, 0.1) is 29.1 Å². The summed E-state index contributed by atoms with van der Waals surface area (Å²) in [6, 6.07) is 9.29. The summed E-state index contributed by atoms with van der Waals surface area (Å²) >= 11 is 0. The molecule has 1 unspecified atom stereocenters. The van der Waals surface area contributed by atoms with Gasteiger partial charge in [-0.1, -0.05) is 30.2 Å². The molecule has 96 valence electrons. The molecule has 0 bridgehead atoms. The van der Waals surface area contributed by atoms with Crippen LogP contribution in [0.25, 0.3) is 0 Å². The predicted octanol–water partition coefficient (Wildman–Crippen LogP) is 2.47. The van der Waals surface area contributed by atoms with E-state index >= 15 is 0 Å². The minimum atomic E-state index is -1.27. The van der Waals surface area contributed by atoms with Gasteiger partial charge in [0.15, 0.2) is 5.41 Å². The number of nitriles is 1. The Morgan fingerprint density at radius 2 is 2.26 bits per heavy atom. The van der Waals surface area contributed by atoms with Crippen molar-refractivity contribution in [3.8, 4) is 18.4 Å². The predicted molar refractivity (Wildman–Crippen MR) is 73.0 cm³/mol. The maximum atomic E-state index is 11.9. The monoisotopic (exact) mass is 253 g/mol. The Hall–Kier alpha value is -2.52. The summed E-state index contributed by atoms with van der Waals surface area (Å²) in [7, 11) is 1.27. The van der Waals surface area contributed by atoms with Gasteiger partial charge in [0.2, 0.25) is 0 Å². The molecule has 1 rings (SSSR count). The fourth-order valence-corrected chi connectivity index (χ4v) is 1.94. The molecule has 1 atom stereocenters. The third kappa shape index (κ3) is 3.03. The molecule has 0 N–H and O–H groups in total. The minimum Gasteiger partial charge on any atom is -0.468 e. The summed E-state index contributed by atoms with van der Waals surface area (Å²) < 4.78 is 4.74. The molecule has 1 aromatic rings. The molecule has 0 aliphatic heterocycles. The Balaban J connectivity index is 3.22. The first-order chi connectivity index (χ1) is 9.13. The van der Waals surface area contributed by atoms with E-state index in [-0.39, 0.29) is 12.8 Å². The van der Waals surface area contributed by atoms with Gasteiger partial charge < -0.3 is 4.74 Å². The van der Waals surface area contributed by atoms with Crippen LogP contribution in [0.3, 0.4) is 0 Å². The first kappa shape index (κ1) is 14.5. The smallest absolute Gasteiger partial charge is 0.326 e. The lowest BCUT2D eigenvalue weighted by atomic mass is 9.79. The average molecular weight is 253 g/mol. The second-order valence-electron chi connectivity index (χ2n) is 4.16. The van der Waals surface area contributed by atoms with E-state index in [0.29, 0.717) is 5.56 Å². The highest BCUT2D eigenvalue weighted by molar-refractivity contribution is 5.80. The maximum Gasteiger partial charge on any atom is 0.326 e. The van der Waals surface area contributed by atoms with Crippen molar-refractivity contribution in [2.45, 2.75) is 12.8 Å². The summed E-state index contributed by atoms with van der Waals surface area (Å²) in [5.74, 6) is 1.99. The van der Waals surface area contributed by atoms with E-state index in [1.54, 1.807) is 12.1 Å². The van der Waals surface area contributed by atoms with E-state index < -0.39 is 11.4 Å². The maximum absolute atomic E-state index is 11.9. The van der Waals surface area contributed by atoms with Crippen molar-refractivity contribution in [1.29, 1.82) is 5.26 Å². The van der Waals surface area contributed by atoms with Crippen LogP contribution in [-0.2, 0) is 16.0 Å². The van der Waals surface area contributed by atoms with Crippen molar-refractivity contribution in [2.75, 3.05) is 7.11 Å². The first-order valence-electron chi connectivity index (χ1n) is 5.78. The number of rotatable bonds is 5. The molecule has 0 radical (unpaired) electrons. The molecule has 0 heterocycles. The van der Waals surface area contributed by atoms with E-state index in [4.69, 9.17) is 11.2 Å². The highest BCUT2D eigenvalue weighted by atomic mass is 16.5. The second kappa shape index (κ2) is 6.42. The van der Waals surface area contributed by atoms with Crippen molar-refractivity contribution in [3.05, 3.63) is 48.0 Å². The average Bonchev–Trinajstić information content (AvgIpc) is 2.46. The molecule has 3 nitrogen and oxygen atoms in total. The highest BCUT2D eigenvalue weighted by Gasteiger charge is 2.39. The zero-order valence-electron chi connectivity index (χ0n) is 10.8. The molecule has 0 aliphatic rings. The summed E-state index contributed by atoms with van der Waals surface area (Å²) in [6.07, 6.45) is 7.39. The number of methoxy groups -OCH3 is 1. The van der Waals surface area contributed by atoms with Crippen LogP contribution in [-0.4, -0.2) is 13.1 Å². The Morgan fingerprint density at radius 1 is 1.58 bits per heavy atom. The number of esters is 1. The van der Waals surface area contributed by atoms with Crippen LogP contribution in [0.5, 0.6) is 0 Å². The minimum absolute atomic E-state index is 0.211. The van der Waals surface area contributed by atoms with Gasteiger partial charge in [-0.25, -0.2) is 0 Å². The van der Waals surface area contributed by atoms with Crippen LogP contribution in [0.1, 0.15) is 17.5 Å². The lowest BCUT2D eigenvalue weighted by Gasteiger charge is -2.22. The molecular weight excluding hydrogens is 238 g/mol. The number of carbonyl (C=O) groups excluding carboxylic acids is 1. The third-order valence-corrected chi connectivity index (χ3v) is 2.95. The van der Waals surface area contributed by atoms with Crippen LogP contribution >= 0.6 is 0 Å². The molecule has 0 aliphatic carbocycles. The van der Waals surface area contributed by atoms with E-state index in [9.17, 15) is 10.1 Å². The number of allylic oxidation sites excluding steroid dienone is 1. The van der Waals surface area contributed by atoms with Gasteiger partial charge in [0.25, 0.3) is 0 Å². The number of nitrogens with zero attached hydrogens (tertiary/aromatic N) is 1. The van der Waals surface area contributed by atoms with Crippen LogP contribution in [0.4, 0.5) is 0 Å². The topological polar surface area (TPSA) is 50.1 Å². The number of hydrogen-bond acceptors (Lipinski definition) is 3. The van der Waals surface area contributed by atoms with Gasteiger partial charge >= 0.3 is 5.97 Å². The molecule has 0 amide bonds. The van der Waals surface area contributed by atoms with Crippen molar-refractivity contribution >= 4 is 5.97 Å². The first-order valence-corrected chi connectivity index (χ1v) is 5.78. The Bertz CT molecular complexity index is 563. The number of terminal acetylenes is 1. The van der Waals surface area contributed by atoms with Gasteiger partial charge in [-0.15, -0.1) is 13.0 Å². The number of carbonyl (C=O) groups is 1. The quantitative estimate of drug-likeness (QED) is 0.460. The highest BCUT2D eigenvalue weighted by Crippen LogP contribution is 2.30. The van der Waals surface area contributed by atoms with E-state index in [1.165, 1.54) is 7.11 Å². The fourth-order valence-electron chi connectivity index (χ4n) is 1.94. The van der Waals surface area contributed by atoms with E-state index in [2.05, 4.69) is 18.6 Å². The van der Waals surface area contributed by atoms with Crippen molar-refractivity contribution in [1.82, 2.24) is 0 Å². The van der Waals surface area contributed by atoms with Crippen molar-refractivity contribution < 1.29 is 9.53 Å². The summed E-state index contributed by atoms with van der Waals surface area (Å²) in [6.45, 7) is 3.60. The summed E-state index contributed by atoms with van der Waals surface area (Å²) in [5.41, 5.74) is 0.178. The van der Waals surface area contributed by atoms with Crippen LogP contribution in [0.2, 0.25) is 0 Å². The Morgan fingerprint density at radius 3 is 2.79 bits per heavy atom. The standard InChI is InChI=1S/C16H15NO2/c1-4-10-16(12-17,15(18)19-3)11-14-9-7-6-8-13(14)5-2/h2,4,6-9H,1,10-11H2,3H3. The molecular formula is C16H15NO2. The van der Waals surface area contributed by atoms with E-state index in [1.807, 2.05) is 18.2 Å². The molecule has 1 aromatic carbocycles. The Labute approximate surface area is 113 Å². The molecule has 0 saturated heterocycles. The molecule has 0 saturated carbocycles. The molecule has 3 heteroatoms.